The second-order valence-electron chi connectivity index (χ2n) is 9.68. The number of hydrogen-bond acceptors (Lipinski definition) is 7. The van der Waals surface area contributed by atoms with Crippen molar-refractivity contribution >= 4 is 23.3 Å². The van der Waals surface area contributed by atoms with Gasteiger partial charge in [-0.15, -0.1) is 0 Å². The number of ether oxygens (including phenoxy) is 3. The number of nitrogens with zero attached hydrogens (tertiary/aromatic N) is 1. The Morgan fingerprint density at radius 1 is 1.03 bits per heavy atom. The molecule has 0 bridgehead atoms. The lowest BCUT2D eigenvalue weighted by Crippen LogP contribution is -2.47. The zero-order chi connectivity index (χ0) is 27.4. The first-order valence-electron chi connectivity index (χ1n) is 13.3. The average Bonchev–Trinajstić information content (AvgIpc) is 3.64. The molecule has 5 rings (SSSR count). The summed E-state index contributed by atoms with van der Waals surface area (Å²) in [5.41, 5.74) is 1.00. The Labute approximate surface area is 227 Å². The first-order chi connectivity index (χ1) is 19.0. The lowest BCUT2D eigenvalue weighted by Gasteiger charge is -2.34. The second kappa shape index (κ2) is 11.6. The maximum absolute atomic E-state index is 14.1. The van der Waals surface area contributed by atoms with E-state index >= 15 is 0 Å². The number of anilines is 1. The maximum atomic E-state index is 14.1. The number of carbonyl (C=O) groups excluding carboxylic acids is 3. The largest absolute Gasteiger partial charge is 0.494 e. The van der Waals surface area contributed by atoms with Gasteiger partial charge in [0.1, 0.15) is 11.8 Å². The Hall–Kier alpha value is -4.27. The number of rotatable bonds is 9. The third-order valence-corrected chi connectivity index (χ3v) is 7.05. The summed E-state index contributed by atoms with van der Waals surface area (Å²) in [6, 6.07) is 12.2. The average molecular weight is 533 g/mol. The van der Waals surface area contributed by atoms with Gasteiger partial charge in [0.25, 0.3) is 5.91 Å². The smallest absolute Gasteiger partial charge is 0.294 e. The fraction of sp³-hybridized carbons (Fsp3) is 0.367. The second-order valence-corrected chi connectivity index (χ2v) is 9.68. The van der Waals surface area contributed by atoms with Crippen molar-refractivity contribution in [1.82, 2.24) is 5.32 Å². The van der Waals surface area contributed by atoms with E-state index in [4.69, 9.17) is 18.6 Å². The van der Waals surface area contributed by atoms with Crippen LogP contribution in [0.25, 0.3) is 0 Å². The van der Waals surface area contributed by atoms with E-state index in [1.165, 1.54) is 24.2 Å². The number of amides is 2. The molecule has 1 aliphatic heterocycles. The van der Waals surface area contributed by atoms with Crippen LogP contribution in [-0.2, 0) is 4.79 Å². The van der Waals surface area contributed by atoms with Gasteiger partial charge in [0.05, 0.1) is 18.6 Å². The molecule has 0 saturated heterocycles. The van der Waals surface area contributed by atoms with Crippen molar-refractivity contribution in [3.8, 4) is 17.2 Å². The quantitative estimate of drug-likeness (QED) is 0.365. The molecule has 1 aliphatic carbocycles. The Bertz CT molecular complexity index is 1330. The molecule has 1 N–H and O–H groups in total. The molecule has 0 spiro atoms. The topological polar surface area (TPSA) is 107 Å². The number of carbonyl (C=O) groups is 3. The highest BCUT2D eigenvalue weighted by Gasteiger charge is 2.38. The summed E-state index contributed by atoms with van der Waals surface area (Å²) in [6.07, 6.45) is 6.34. The van der Waals surface area contributed by atoms with Gasteiger partial charge < -0.3 is 23.9 Å². The van der Waals surface area contributed by atoms with Crippen molar-refractivity contribution in [2.24, 2.45) is 0 Å². The predicted molar refractivity (Wildman–Crippen MR) is 143 cm³/mol. The van der Waals surface area contributed by atoms with Gasteiger partial charge in [0, 0.05) is 17.7 Å². The molecule has 1 fully saturated rings. The summed E-state index contributed by atoms with van der Waals surface area (Å²) in [7, 11) is 0. The van der Waals surface area contributed by atoms with Gasteiger partial charge in [-0.05, 0) is 62.6 Å². The third kappa shape index (κ3) is 5.62. The van der Waals surface area contributed by atoms with Crippen LogP contribution < -0.4 is 24.4 Å². The van der Waals surface area contributed by atoms with E-state index in [2.05, 4.69) is 5.32 Å². The molecule has 204 valence electrons. The summed E-state index contributed by atoms with van der Waals surface area (Å²) in [5, 5.41) is 3.17. The molecule has 1 aromatic heterocycles. The molecule has 0 radical (unpaired) electrons. The third-order valence-electron chi connectivity index (χ3n) is 7.05. The van der Waals surface area contributed by atoms with E-state index in [1.54, 1.807) is 42.5 Å². The molecule has 39 heavy (non-hydrogen) atoms. The number of furan rings is 1. The van der Waals surface area contributed by atoms with Gasteiger partial charge in [-0.2, -0.15) is 0 Å². The monoisotopic (exact) mass is 532 g/mol. The summed E-state index contributed by atoms with van der Waals surface area (Å²) in [6.45, 7) is 3.78. The highest BCUT2D eigenvalue weighted by atomic mass is 16.7. The van der Waals surface area contributed by atoms with E-state index < -0.39 is 11.9 Å². The Morgan fingerprint density at radius 2 is 1.74 bits per heavy atom. The van der Waals surface area contributed by atoms with Crippen molar-refractivity contribution in [3.05, 3.63) is 71.7 Å². The lowest BCUT2D eigenvalue weighted by molar-refractivity contribution is -0.123. The van der Waals surface area contributed by atoms with Crippen molar-refractivity contribution in [3.63, 3.8) is 0 Å². The van der Waals surface area contributed by atoms with Gasteiger partial charge in [0.15, 0.2) is 23.0 Å². The predicted octanol–water partition coefficient (Wildman–Crippen LogP) is 5.45. The Balaban J connectivity index is 1.66. The van der Waals surface area contributed by atoms with E-state index in [0.29, 0.717) is 29.4 Å². The van der Waals surface area contributed by atoms with E-state index in [0.717, 1.165) is 32.1 Å². The minimum absolute atomic E-state index is 0.000967. The molecule has 2 aromatic carbocycles. The number of hydrogen-bond donors (Lipinski definition) is 1. The van der Waals surface area contributed by atoms with Crippen LogP contribution in [0.2, 0.25) is 0 Å². The zero-order valence-corrected chi connectivity index (χ0v) is 22.1. The molecule has 2 amide bonds. The van der Waals surface area contributed by atoms with Gasteiger partial charge in [-0.25, -0.2) is 0 Å². The summed E-state index contributed by atoms with van der Waals surface area (Å²) >= 11 is 0. The van der Waals surface area contributed by atoms with Crippen LogP contribution in [0, 0.1) is 0 Å². The lowest BCUT2D eigenvalue weighted by atomic mass is 9.94. The van der Waals surface area contributed by atoms with E-state index in [-0.39, 0.29) is 41.5 Å². The normalized spacial score (nSPS) is 15.4. The number of Topliss-reactive ketones (excluding diaryl/α,β-unsaturated/α-hetero) is 1. The van der Waals surface area contributed by atoms with Gasteiger partial charge in [-0.3, -0.25) is 19.3 Å². The molecule has 2 aliphatic rings. The summed E-state index contributed by atoms with van der Waals surface area (Å²) in [4.78, 5) is 42.4. The van der Waals surface area contributed by atoms with Crippen LogP contribution in [0.4, 0.5) is 5.69 Å². The summed E-state index contributed by atoms with van der Waals surface area (Å²) < 4.78 is 22.2. The van der Waals surface area contributed by atoms with Crippen LogP contribution in [-0.4, -0.2) is 37.0 Å². The summed E-state index contributed by atoms with van der Waals surface area (Å²) in [5.74, 6) is 0.243. The molecule has 1 saturated carbocycles. The molecule has 3 aromatic rings. The minimum atomic E-state index is -1.11. The molecule has 0 unspecified atom stereocenters. The fourth-order valence-electron chi connectivity index (χ4n) is 5.16. The standard InChI is InChI=1S/C30H32N2O7/c1-3-36-22-13-11-20(12-14-22)28(29(34)31-21-8-5-4-6-9-21)32(30(35)25-10-7-15-37-25)24-17-27-26(38-18-39-27)16-23(24)19(2)33/h7,10-17,21,28H,3-6,8-9,18H2,1-2H3,(H,31,34)/t28-/m0/s1. The van der Waals surface area contributed by atoms with Gasteiger partial charge >= 0.3 is 0 Å². The Morgan fingerprint density at radius 3 is 2.38 bits per heavy atom. The van der Waals surface area contributed by atoms with Gasteiger partial charge in [0.2, 0.25) is 12.7 Å². The molecule has 2 heterocycles. The number of fused-ring (bicyclic) bond motifs is 1. The Kier molecular flexibility index (Phi) is 7.86. The van der Waals surface area contributed by atoms with Crippen molar-refractivity contribution < 1.29 is 33.0 Å². The van der Waals surface area contributed by atoms with Gasteiger partial charge in [-0.1, -0.05) is 31.4 Å². The van der Waals surface area contributed by atoms with Crippen LogP contribution in [0.3, 0.4) is 0 Å². The molecule has 9 nitrogen and oxygen atoms in total. The number of nitrogens with one attached hydrogen (secondary N) is 1. The van der Waals surface area contributed by atoms with Crippen molar-refractivity contribution in [2.75, 3.05) is 18.3 Å². The fourth-order valence-corrected chi connectivity index (χ4v) is 5.16. The highest BCUT2D eigenvalue weighted by molar-refractivity contribution is 6.13. The van der Waals surface area contributed by atoms with Crippen LogP contribution in [0.5, 0.6) is 17.2 Å². The van der Waals surface area contributed by atoms with Crippen LogP contribution in [0.1, 0.15) is 78.5 Å². The zero-order valence-electron chi connectivity index (χ0n) is 22.1. The highest BCUT2D eigenvalue weighted by Crippen LogP contribution is 2.42. The van der Waals surface area contributed by atoms with Crippen molar-refractivity contribution in [1.29, 1.82) is 0 Å². The van der Waals surface area contributed by atoms with E-state index in [1.807, 2.05) is 6.92 Å². The molecule has 1 atom stereocenters. The molecular weight excluding hydrogens is 500 g/mol. The number of ketones is 1. The SMILES string of the molecule is CCOc1ccc([C@@H](C(=O)NC2CCCCC2)N(C(=O)c2ccco2)c2cc3c(cc2C(C)=O)OCO3)cc1. The van der Waals surface area contributed by atoms with Crippen LogP contribution in [0.15, 0.2) is 59.2 Å². The molecule has 9 heteroatoms. The minimum Gasteiger partial charge on any atom is -0.494 e. The maximum Gasteiger partial charge on any atom is 0.294 e. The van der Waals surface area contributed by atoms with E-state index in [9.17, 15) is 14.4 Å². The van der Waals surface area contributed by atoms with Crippen molar-refractivity contribution in [2.45, 2.75) is 58.0 Å². The number of benzene rings is 2. The van der Waals surface area contributed by atoms with Crippen LogP contribution >= 0.6 is 0 Å². The first kappa shape index (κ1) is 26.3. The molecular formula is C30H32N2O7. The first-order valence-corrected chi connectivity index (χ1v) is 13.3.